The minimum Gasteiger partial charge on any atom is -0.451 e. The van der Waals surface area contributed by atoms with Gasteiger partial charge in [-0.2, -0.15) is 35.1 Å². The van der Waals surface area contributed by atoms with Gasteiger partial charge in [0.2, 0.25) is 69.5 Å². The molecule has 0 radical (unpaired) electrons. The van der Waals surface area contributed by atoms with Gasteiger partial charge >= 0.3 is 0 Å². The van der Waals surface area contributed by atoms with Crippen LogP contribution in [0.4, 0.5) is 70.2 Å². The van der Waals surface area contributed by atoms with Crippen molar-refractivity contribution < 1.29 is 89.2 Å². The van der Waals surface area contributed by atoms with E-state index >= 15 is 35.1 Å². The van der Waals surface area contributed by atoms with E-state index in [0.29, 0.717) is 85.8 Å². The Morgan fingerprint density at radius 2 is 0.452 bits per heavy atom. The lowest BCUT2D eigenvalue weighted by atomic mass is 9.65. The van der Waals surface area contributed by atoms with E-state index in [1.165, 1.54) is 72.8 Å². The highest BCUT2D eigenvalue weighted by Crippen LogP contribution is 2.50. The van der Waals surface area contributed by atoms with Gasteiger partial charge in [-0.1, -0.05) is 112 Å². The third kappa shape index (κ3) is 10.1. The molecule has 0 aliphatic heterocycles. The van der Waals surface area contributed by atoms with Crippen molar-refractivity contribution in [2.75, 3.05) is 0 Å². The summed E-state index contributed by atoms with van der Waals surface area (Å²) in [6.45, 7) is 6.30. The molecule has 84 heavy (non-hydrogen) atoms. The van der Waals surface area contributed by atoms with Gasteiger partial charge in [0.05, 0.1) is 22.3 Å². The van der Waals surface area contributed by atoms with E-state index < -0.39 is 161 Å². The second kappa shape index (κ2) is 23.2. The highest BCUT2D eigenvalue weighted by atomic mass is 19.2. The van der Waals surface area contributed by atoms with Gasteiger partial charge in [0.25, 0.3) is 0 Å². The predicted octanol–water partition coefficient (Wildman–Crippen LogP) is 20.5. The van der Waals surface area contributed by atoms with Gasteiger partial charge in [-0.25, -0.2) is 35.1 Å². The fourth-order valence-electron chi connectivity index (χ4n) is 11.3. The number of ether oxygens (including phenoxy) is 4. The quantitative estimate of drug-likeness (QED) is 0.0757. The molecule has 2 aliphatic carbocycles. The zero-order valence-electron chi connectivity index (χ0n) is 43.6. The summed E-state index contributed by atoms with van der Waals surface area (Å²) in [7, 11) is 0. The minimum atomic E-state index is -2.49. The van der Waals surface area contributed by atoms with Crippen LogP contribution in [0.3, 0.4) is 0 Å². The summed E-state index contributed by atoms with van der Waals surface area (Å²) in [5.74, 6) is -40.5. The van der Waals surface area contributed by atoms with E-state index in [2.05, 4.69) is 13.2 Å². The summed E-state index contributed by atoms with van der Waals surface area (Å²) >= 11 is 0. The third-order valence-corrected chi connectivity index (χ3v) is 15.5. The maximum Gasteiger partial charge on any atom is 0.205 e. The van der Waals surface area contributed by atoms with Crippen LogP contribution in [0.15, 0.2) is 110 Å². The molecule has 2 fully saturated rings. The van der Waals surface area contributed by atoms with Crippen molar-refractivity contribution in [1.82, 2.24) is 0 Å². The first-order valence-corrected chi connectivity index (χ1v) is 26.0. The lowest BCUT2D eigenvalue weighted by molar-refractivity contribution is 0.343. The van der Waals surface area contributed by atoms with E-state index in [9.17, 15) is 35.1 Å². The number of hydrogen-bond acceptors (Lipinski definition) is 4. The van der Waals surface area contributed by atoms with E-state index in [0.717, 1.165) is 12.8 Å². The Balaban J connectivity index is 0.872. The number of hydrogen-bond donors (Lipinski definition) is 0. The summed E-state index contributed by atoms with van der Waals surface area (Å²) < 4.78 is 264. The molecule has 0 amide bonds. The molecule has 2 aliphatic rings. The molecule has 0 saturated heterocycles. The molecule has 0 spiro atoms. The largest absolute Gasteiger partial charge is 0.451 e. The Kier molecular flexibility index (Phi) is 16.1. The van der Waals surface area contributed by atoms with Crippen LogP contribution in [0.1, 0.15) is 97.6 Å². The van der Waals surface area contributed by atoms with Gasteiger partial charge in [-0.15, -0.1) is 0 Å². The molecule has 0 heterocycles. The van der Waals surface area contributed by atoms with Gasteiger partial charge in [-0.05, 0) is 96.5 Å². The Hall–Kier alpha value is -8.68. The van der Waals surface area contributed by atoms with Crippen LogP contribution >= 0.6 is 0 Å². The highest BCUT2D eigenvalue weighted by Gasteiger charge is 2.40. The van der Waals surface area contributed by atoms with E-state index in [1.807, 2.05) is 0 Å². The summed E-state index contributed by atoms with van der Waals surface area (Å²) in [4.78, 5) is 0. The van der Waals surface area contributed by atoms with Crippen LogP contribution in [0, 0.1) is 93.1 Å². The summed E-state index contributed by atoms with van der Waals surface area (Å²) in [6.07, 6.45) is 7.91. The minimum absolute atomic E-state index is 0.184. The van der Waals surface area contributed by atoms with Crippen molar-refractivity contribution in [3.8, 4) is 57.1 Å². The first-order chi connectivity index (χ1) is 40.2. The molecule has 0 aromatic heterocycles. The van der Waals surface area contributed by atoms with Gasteiger partial charge in [0.1, 0.15) is 23.0 Å². The second-order valence-corrected chi connectivity index (χ2v) is 20.1. The summed E-state index contributed by atoms with van der Waals surface area (Å²) in [6, 6.07) is 22.3. The van der Waals surface area contributed by atoms with Crippen LogP contribution in [0.2, 0.25) is 0 Å². The molecule has 0 N–H and O–H groups in total. The Morgan fingerprint density at radius 3 is 0.643 bits per heavy atom. The first kappa shape index (κ1) is 58.5. The van der Waals surface area contributed by atoms with Crippen molar-refractivity contribution in [1.29, 1.82) is 0 Å². The van der Waals surface area contributed by atoms with Gasteiger partial charge in [-0.3, -0.25) is 0 Å². The SMILES string of the molecule is C=Cc1c(F)c(F)c(Oc2ccc(C3(c4ccc(Oc5c(F)c(F)c(-c6c(F)c(F)c(Oc7ccc(C8(c9ccc(Oc%10c(F)c(F)c(C=C)c(F)c%10F)cc9)CCCCC8)cc7)c(F)c6F)c(F)c5F)cc4)CCCCC3)cc2)c(F)c1F. The number of benzene rings is 8. The van der Waals surface area contributed by atoms with Crippen LogP contribution < -0.4 is 18.9 Å². The van der Waals surface area contributed by atoms with Gasteiger partial charge in [0, 0.05) is 10.8 Å². The molecule has 10 rings (SSSR count). The summed E-state index contributed by atoms with van der Waals surface area (Å²) in [5.41, 5.74) is -5.38. The molecule has 2 saturated carbocycles. The normalized spacial score (nSPS) is 14.7. The molecular formula is C64H42F16O4. The first-order valence-electron chi connectivity index (χ1n) is 26.0. The molecule has 20 heteroatoms. The van der Waals surface area contributed by atoms with Crippen molar-refractivity contribution >= 4 is 12.2 Å². The third-order valence-electron chi connectivity index (χ3n) is 15.5. The van der Waals surface area contributed by atoms with Gasteiger partial charge < -0.3 is 18.9 Å². The monoisotopic (exact) mass is 1180 g/mol. The molecule has 8 aromatic carbocycles. The van der Waals surface area contributed by atoms with Crippen LogP contribution in [0.5, 0.6) is 46.0 Å². The standard InChI is InChI=1S/C64H42F16O4/c1-3-39-43(65)51(73)59(52(74)44(39)66)81-35-19-11-31(12-20-35)63(27-7-5-8-28-63)33-15-23-37(24-16-33)83-61-55(77)47(69)41(48(70)56(61)78)42-49(71)57(79)62(58(80)50(42)72)84-38-25-17-34(18-26-38)64(29-9-6-10-30-64)32-13-21-36(22-14-32)82-60-53(75)45(67)40(4-2)46(68)54(60)76/h3-4,11-26H,1-2,5-10,27-30H2. The zero-order valence-corrected chi connectivity index (χ0v) is 43.6. The van der Waals surface area contributed by atoms with E-state index in [4.69, 9.17) is 18.9 Å². The highest BCUT2D eigenvalue weighted by molar-refractivity contribution is 5.70. The zero-order chi connectivity index (χ0) is 60.1. The van der Waals surface area contributed by atoms with Crippen LogP contribution in [-0.4, -0.2) is 0 Å². The maximum atomic E-state index is 15.9. The van der Waals surface area contributed by atoms with E-state index in [1.54, 1.807) is 24.3 Å². The smallest absolute Gasteiger partial charge is 0.205 e. The van der Waals surface area contributed by atoms with Crippen molar-refractivity contribution in [2.24, 2.45) is 0 Å². The maximum absolute atomic E-state index is 15.9. The molecular weight excluding hydrogens is 1140 g/mol. The Labute approximate surface area is 468 Å². The Morgan fingerprint density at radius 1 is 0.262 bits per heavy atom. The van der Waals surface area contributed by atoms with Gasteiger partial charge in [0.15, 0.2) is 46.5 Å². The summed E-state index contributed by atoms with van der Waals surface area (Å²) in [5, 5.41) is 0. The predicted molar refractivity (Wildman–Crippen MR) is 278 cm³/mol. The lowest BCUT2D eigenvalue weighted by Crippen LogP contribution is -2.30. The lowest BCUT2D eigenvalue weighted by Gasteiger charge is -2.38. The van der Waals surface area contributed by atoms with Crippen LogP contribution in [-0.2, 0) is 10.8 Å². The van der Waals surface area contributed by atoms with E-state index in [-0.39, 0.29) is 11.5 Å². The topological polar surface area (TPSA) is 36.9 Å². The second-order valence-electron chi connectivity index (χ2n) is 20.1. The molecule has 0 unspecified atom stereocenters. The van der Waals surface area contributed by atoms with Crippen molar-refractivity contribution in [2.45, 2.75) is 75.0 Å². The molecule has 0 bridgehead atoms. The fraction of sp³-hybridized carbons (Fsp3) is 0.188. The van der Waals surface area contributed by atoms with Crippen LogP contribution in [0.25, 0.3) is 23.3 Å². The average molecular weight is 1180 g/mol. The van der Waals surface area contributed by atoms with Crippen molar-refractivity contribution in [3.63, 3.8) is 0 Å². The fourth-order valence-corrected chi connectivity index (χ4v) is 11.3. The molecule has 8 aromatic rings. The van der Waals surface area contributed by atoms with Crippen molar-refractivity contribution in [3.05, 3.63) is 237 Å². The number of halogens is 16. The average Bonchev–Trinajstić information content (AvgIpc) is 2.13. The molecule has 4 nitrogen and oxygen atoms in total. The molecule has 434 valence electrons. The number of rotatable bonds is 15. The Bertz CT molecular complexity index is 3520. The molecule has 0 atom stereocenters.